The van der Waals surface area contributed by atoms with E-state index in [1.807, 2.05) is 0 Å². The summed E-state index contributed by atoms with van der Waals surface area (Å²) in [6, 6.07) is 6.33. The van der Waals surface area contributed by atoms with Gasteiger partial charge in [-0.25, -0.2) is 0 Å². The lowest BCUT2D eigenvalue weighted by Gasteiger charge is -1.95. The van der Waals surface area contributed by atoms with E-state index >= 15 is 0 Å². The van der Waals surface area contributed by atoms with Crippen LogP contribution in [-0.4, -0.2) is 4.57 Å². The topological polar surface area (TPSA) is 4.93 Å². The molecular weight excluding hydrogens is 142 g/mol. The van der Waals surface area contributed by atoms with E-state index in [0.717, 1.165) is 0 Å². The van der Waals surface area contributed by atoms with Gasteiger partial charge in [-0.15, -0.1) is 0 Å². The number of aryl methyl sites for hydroxylation is 1. The number of rotatable bonds is 0. The third-order valence-corrected chi connectivity index (χ3v) is 2.60. The molecule has 0 atom stereocenters. The molecule has 0 unspecified atom stereocenters. The minimum absolute atomic E-state index is 1.33. The highest BCUT2D eigenvalue weighted by Crippen LogP contribution is 2.25. The van der Waals surface area contributed by atoms with E-state index in [2.05, 4.69) is 41.4 Å². The molecule has 0 aromatic rings. The molecule has 0 aliphatic carbocycles. The smallest absolute Gasteiger partial charge is 0.304 e. The molecule has 10 heavy (non-hydrogen) atoms. The third-order valence-electron chi connectivity index (χ3n) is 1.58. The molecule has 1 nitrogen and oxygen atoms in total. The quantitative estimate of drug-likeness (QED) is 0.508. The number of hydrogen-bond donors (Lipinski definition) is 0. The first kappa shape index (κ1) is 5.86. The summed E-state index contributed by atoms with van der Waals surface area (Å²) in [5, 5.41) is 3.45. The second kappa shape index (κ2) is 2.06. The van der Waals surface area contributed by atoms with Crippen LogP contribution in [0.5, 0.6) is 0 Å². The van der Waals surface area contributed by atoms with Crippen molar-refractivity contribution in [2.75, 3.05) is 0 Å². The molecule has 2 aliphatic heterocycles. The maximum atomic E-state index is 2.14. The molecule has 0 saturated heterocycles. The van der Waals surface area contributed by atoms with Gasteiger partial charge in [-0.05, 0) is 12.1 Å². The van der Waals surface area contributed by atoms with E-state index in [4.69, 9.17) is 0 Å². The molecular formula is C8H8NS+. The van der Waals surface area contributed by atoms with Gasteiger partial charge >= 0.3 is 5.01 Å². The molecule has 2 heteroatoms. The number of aromatic nitrogens is 1. The van der Waals surface area contributed by atoms with E-state index < -0.39 is 0 Å². The van der Waals surface area contributed by atoms with Crippen LogP contribution in [-0.2, 0) is 7.05 Å². The molecule has 0 spiro atoms. The maximum absolute atomic E-state index is 2.14. The number of thiophene rings is 1. The summed E-state index contributed by atoms with van der Waals surface area (Å²) in [6.07, 6.45) is 2.07. The Hall–Kier alpha value is -0.890. The Morgan fingerprint density at radius 1 is 1.40 bits per heavy atom. The predicted octanol–water partition coefficient (Wildman–Crippen LogP) is 2.47. The molecule has 0 fully saturated rings. The van der Waals surface area contributed by atoms with Crippen LogP contribution in [0.1, 0.15) is 0 Å². The van der Waals surface area contributed by atoms with Crippen molar-refractivity contribution < 1.29 is 0 Å². The van der Waals surface area contributed by atoms with E-state index in [1.165, 1.54) is 10.6 Å². The predicted molar refractivity (Wildman–Crippen MR) is 44.3 cm³/mol. The van der Waals surface area contributed by atoms with Crippen molar-refractivity contribution in [1.82, 2.24) is 4.57 Å². The van der Waals surface area contributed by atoms with E-state index in [0.29, 0.717) is 0 Å². The van der Waals surface area contributed by atoms with Crippen LogP contribution in [0.25, 0.3) is 10.6 Å². The summed E-state index contributed by atoms with van der Waals surface area (Å²) in [4.78, 5) is 0. The SMILES string of the molecule is Cn1cccc2cc[s+]c1-2. The summed E-state index contributed by atoms with van der Waals surface area (Å²) in [7, 11) is 2.07. The van der Waals surface area contributed by atoms with Crippen LogP contribution in [0.2, 0.25) is 0 Å². The van der Waals surface area contributed by atoms with Crippen LogP contribution in [0.15, 0.2) is 29.8 Å². The second-order valence-corrected chi connectivity index (χ2v) is 3.19. The molecule has 0 N–H and O–H groups in total. The molecule has 0 aromatic heterocycles. The summed E-state index contributed by atoms with van der Waals surface area (Å²) < 4.78 is 2.14. The van der Waals surface area contributed by atoms with Crippen molar-refractivity contribution in [1.29, 1.82) is 0 Å². The Kier molecular flexibility index (Phi) is 1.21. The summed E-state index contributed by atoms with van der Waals surface area (Å²) in [5.74, 6) is 0. The van der Waals surface area contributed by atoms with Gasteiger partial charge in [0.15, 0.2) is 5.38 Å². The lowest BCUT2D eigenvalue weighted by atomic mass is 10.3. The first-order chi connectivity index (χ1) is 4.88. The van der Waals surface area contributed by atoms with Crippen molar-refractivity contribution in [3.63, 3.8) is 0 Å². The highest BCUT2D eigenvalue weighted by Gasteiger charge is 2.14. The van der Waals surface area contributed by atoms with Crippen LogP contribution in [0.4, 0.5) is 0 Å². The Bertz CT molecular complexity index is 313. The van der Waals surface area contributed by atoms with Crippen molar-refractivity contribution in [3.05, 3.63) is 29.8 Å². The zero-order valence-electron chi connectivity index (χ0n) is 5.74. The molecule has 0 radical (unpaired) electrons. The fraction of sp³-hybridized carbons (Fsp3) is 0.125. The summed E-state index contributed by atoms with van der Waals surface area (Å²) in [5.41, 5.74) is 1.33. The minimum Gasteiger partial charge on any atom is -0.304 e. The van der Waals surface area contributed by atoms with Gasteiger partial charge < -0.3 is 4.57 Å². The Morgan fingerprint density at radius 3 is 3.10 bits per heavy atom. The molecule has 2 rings (SSSR count). The first-order valence-corrected chi connectivity index (χ1v) is 4.08. The monoisotopic (exact) mass is 150 g/mol. The van der Waals surface area contributed by atoms with E-state index in [9.17, 15) is 0 Å². The normalized spacial score (nSPS) is 10.5. The number of pyridine rings is 1. The van der Waals surface area contributed by atoms with Gasteiger partial charge in [0.1, 0.15) is 0 Å². The van der Waals surface area contributed by atoms with Crippen LogP contribution in [0, 0.1) is 0 Å². The second-order valence-electron chi connectivity index (χ2n) is 2.30. The largest absolute Gasteiger partial charge is 0.311 e. The van der Waals surface area contributed by atoms with Gasteiger partial charge in [-0.3, -0.25) is 0 Å². The molecule has 50 valence electrons. The Labute approximate surface area is 63.9 Å². The van der Waals surface area contributed by atoms with Gasteiger partial charge in [0.2, 0.25) is 11.3 Å². The highest BCUT2D eigenvalue weighted by atomic mass is 32.1. The molecule has 0 amide bonds. The summed E-state index contributed by atoms with van der Waals surface area (Å²) in [6.45, 7) is 0. The van der Waals surface area contributed by atoms with Gasteiger partial charge in [0.05, 0.1) is 5.56 Å². The van der Waals surface area contributed by atoms with Gasteiger partial charge in [-0.1, -0.05) is 0 Å². The maximum Gasteiger partial charge on any atom is 0.311 e. The minimum atomic E-state index is 1.33. The van der Waals surface area contributed by atoms with E-state index in [-0.39, 0.29) is 0 Å². The zero-order valence-corrected chi connectivity index (χ0v) is 6.56. The Morgan fingerprint density at radius 2 is 2.30 bits per heavy atom. The highest BCUT2D eigenvalue weighted by molar-refractivity contribution is 7.13. The van der Waals surface area contributed by atoms with Crippen LogP contribution >= 0.6 is 11.3 Å². The van der Waals surface area contributed by atoms with Crippen molar-refractivity contribution in [2.24, 2.45) is 7.05 Å². The number of hydrogen-bond acceptors (Lipinski definition) is 0. The fourth-order valence-electron chi connectivity index (χ4n) is 1.07. The number of fused-ring (bicyclic) bond motifs is 1. The third kappa shape index (κ3) is 0.727. The standard InChI is InChI=1S/C8H8NS/c1-9-5-2-3-7-4-6-10-8(7)9/h2-6H,1H3/q+1. The van der Waals surface area contributed by atoms with Gasteiger partial charge in [-0.2, -0.15) is 0 Å². The lowest BCUT2D eigenvalue weighted by molar-refractivity contribution is 0.928. The Balaban J connectivity index is 2.80. The fourth-order valence-corrected chi connectivity index (χ4v) is 1.91. The first-order valence-electron chi connectivity index (χ1n) is 3.20. The molecule has 2 heterocycles. The van der Waals surface area contributed by atoms with Crippen molar-refractivity contribution >= 4 is 11.3 Å². The van der Waals surface area contributed by atoms with Gasteiger partial charge in [0.25, 0.3) is 0 Å². The van der Waals surface area contributed by atoms with Crippen LogP contribution < -0.4 is 0 Å². The lowest BCUT2D eigenvalue weighted by Crippen LogP contribution is -1.90. The molecule has 0 aromatic carbocycles. The molecule has 0 saturated carbocycles. The van der Waals surface area contributed by atoms with Gasteiger partial charge in [0, 0.05) is 19.3 Å². The van der Waals surface area contributed by atoms with Crippen LogP contribution in [0.3, 0.4) is 0 Å². The molecule has 0 bridgehead atoms. The van der Waals surface area contributed by atoms with Crippen molar-refractivity contribution in [2.45, 2.75) is 0 Å². The zero-order chi connectivity index (χ0) is 6.97. The average molecular weight is 150 g/mol. The molecule has 2 aliphatic rings. The average Bonchev–Trinajstić information content (AvgIpc) is 2.36. The summed E-state index contributed by atoms with van der Waals surface area (Å²) >= 11 is 1.78. The number of nitrogens with zero attached hydrogens (tertiary/aromatic N) is 1. The van der Waals surface area contributed by atoms with E-state index in [1.54, 1.807) is 11.3 Å². The van der Waals surface area contributed by atoms with Crippen molar-refractivity contribution in [3.8, 4) is 10.6 Å².